The molecule has 3 aromatic carbocycles. The molecule has 5 rings (SSSR count). The summed E-state index contributed by atoms with van der Waals surface area (Å²) in [5.41, 5.74) is 2.24. The summed E-state index contributed by atoms with van der Waals surface area (Å²) in [5, 5.41) is 4.03. The lowest BCUT2D eigenvalue weighted by atomic mass is 9.97. The predicted molar refractivity (Wildman–Crippen MR) is 142 cm³/mol. The van der Waals surface area contributed by atoms with Gasteiger partial charge in [-0.25, -0.2) is 4.79 Å². The average molecular weight is 547 g/mol. The van der Waals surface area contributed by atoms with Crippen molar-refractivity contribution in [1.29, 1.82) is 0 Å². The molecular weight excluding hydrogens is 524 g/mol. The molecule has 1 aliphatic heterocycles. The molecule has 1 N–H and O–H groups in total. The number of allylic oxidation sites excluding steroid dienone is 1. The molecule has 0 aliphatic carbocycles. The first kappa shape index (κ1) is 23.7. The van der Waals surface area contributed by atoms with Crippen LogP contribution in [0.25, 0.3) is 21.9 Å². The van der Waals surface area contributed by atoms with E-state index in [0.29, 0.717) is 34.3 Å². The molecule has 7 nitrogen and oxygen atoms in total. The third kappa shape index (κ3) is 4.59. The largest absolute Gasteiger partial charge is 0.462 e. The molecule has 1 amide bonds. The van der Waals surface area contributed by atoms with Crippen LogP contribution in [0.1, 0.15) is 11.6 Å². The van der Waals surface area contributed by atoms with Crippen molar-refractivity contribution in [2.75, 3.05) is 19.2 Å². The second kappa shape index (κ2) is 10.3. The van der Waals surface area contributed by atoms with Crippen molar-refractivity contribution >= 4 is 38.6 Å². The monoisotopic (exact) mass is 546 g/mol. The number of aromatic nitrogens is 1. The molecule has 36 heavy (non-hydrogen) atoms. The van der Waals surface area contributed by atoms with E-state index in [9.17, 15) is 9.59 Å². The highest BCUT2D eigenvalue weighted by atomic mass is 79.9. The molecule has 182 valence electrons. The number of carbonyl (C=O) groups excluding carboxylic acids is 1. The normalized spacial score (nSPS) is 13.4. The van der Waals surface area contributed by atoms with Gasteiger partial charge in [0.15, 0.2) is 5.76 Å². The van der Waals surface area contributed by atoms with Crippen LogP contribution in [0.4, 0.5) is 10.6 Å². The van der Waals surface area contributed by atoms with Gasteiger partial charge in [-0.05, 0) is 34.7 Å². The van der Waals surface area contributed by atoms with Crippen molar-refractivity contribution in [1.82, 2.24) is 4.57 Å². The van der Waals surface area contributed by atoms with Gasteiger partial charge in [-0.3, -0.25) is 14.7 Å². The van der Waals surface area contributed by atoms with Gasteiger partial charge in [0, 0.05) is 21.8 Å². The Morgan fingerprint density at radius 2 is 1.78 bits per heavy atom. The van der Waals surface area contributed by atoms with Crippen LogP contribution in [0.3, 0.4) is 0 Å². The first-order valence-corrected chi connectivity index (χ1v) is 12.1. The van der Waals surface area contributed by atoms with E-state index in [0.717, 1.165) is 15.6 Å². The Bertz CT molecular complexity index is 1500. The Morgan fingerprint density at radius 1 is 1.06 bits per heavy atom. The number of halogens is 1. The third-order valence-electron chi connectivity index (χ3n) is 6.05. The maximum absolute atomic E-state index is 14.1. The number of rotatable bonds is 6. The lowest BCUT2D eigenvalue weighted by Crippen LogP contribution is -2.32. The Balaban J connectivity index is 1.87. The molecule has 1 aliphatic rings. The quantitative estimate of drug-likeness (QED) is 0.309. The van der Waals surface area contributed by atoms with Crippen LogP contribution in [0.2, 0.25) is 0 Å². The molecule has 8 heteroatoms. The maximum Gasteiger partial charge on any atom is 0.412 e. The predicted octanol–water partition coefficient (Wildman–Crippen LogP) is 6.24. The van der Waals surface area contributed by atoms with E-state index in [2.05, 4.69) is 21.2 Å². The summed E-state index contributed by atoms with van der Waals surface area (Å²) in [7, 11) is 1.29. The number of ether oxygens (including phenoxy) is 3. The number of hydrogen-bond acceptors (Lipinski definition) is 5. The summed E-state index contributed by atoms with van der Waals surface area (Å²) in [5.74, 6) is 0.797. The van der Waals surface area contributed by atoms with Crippen LogP contribution < -0.4 is 10.9 Å². The molecule has 0 fully saturated rings. The highest BCUT2D eigenvalue weighted by molar-refractivity contribution is 9.10. The molecule has 0 saturated carbocycles. The molecule has 1 unspecified atom stereocenters. The number of pyridine rings is 1. The number of amides is 1. The Kier molecular flexibility index (Phi) is 6.77. The number of nitrogens with zero attached hydrogens (tertiary/aromatic N) is 1. The molecule has 2 heterocycles. The van der Waals surface area contributed by atoms with Gasteiger partial charge in [-0.2, -0.15) is 0 Å². The van der Waals surface area contributed by atoms with Crippen LogP contribution in [-0.2, 0) is 20.6 Å². The van der Waals surface area contributed by atoms with E-state index in [1.165, 1.54) is 13.4 Å². The zero-order valence-electron chi connectivity index (χ0n) is 19.4. The van der Waals surface area contributed by atoms with E-state index in [4.69, 9.17) is 14.2 Å². The van der Waals surface area contributed by atoms with Crippen LogP contribution in [0, 0.1) is 0 Å². The lowest BCUT2D eigenvalue weighted by Gasteiger charge is -2.26. The lowest BCUT2D eigenvalue weighted by molar-refractivity contribution is 0.0711. The van der Waals surface area contributed by atoms with Gasteiger partial charge in [-0.15, -0.1) is 0 Å². The molecule has 0 spiro atoms. The summed E-state index contributed by atoms with van der Waals surface area (Å²) in [6, 6.07) is 24.3. The topological polar surface area (TPSA) is 78.8 Å². The van der Waals surface area contributed by atoms with E-state index < -0.39 is 12.1 Å². The summed E-state index contributed by atoms with van der Waals surface area (Å²) in [6.45, 7) is 0.0568. The van der Waals surface area contributed by atoms with Crippen molar-refractivity contribution in [3.63, 3.8) is 0 Å². The highest BCUT2D eigenvalue weighted by Crippen LogP contribution is 2.39. The SMILES string of the molecule is COC(=O)Nc1c(-c2ccccc2)c2cc(Br)ccc2c(=O)n1C(Cc1ccccc1)C1=COCO1. The van der Waals surface area contributed by atoms with E-state index >= 15 is 0 Å². The standard InChI is InChI=1S/C28H23BrN2O5/c1-34-28(33)30-26-25(19-10-6-3-7-11-19)22-15-20(29)12-13-21(22)27(32)31(26)23(24-16-35-17-36-24)14-18-8-4-2-5-9-18/h2-13,15-16,23H,14,17H2,1H3,(H,30,33). The summed E-state index contributed by atoms with van der Waals surface area (Å²) < 4.78 is 18.5. The molecule has 0 radical (unpaired) electrons. The van der Waals surface area contributed by atoms with Gasteiger partial charge in [0.05, 0.1) is 7.11 Å². The minimum absolute atomic E-state index is 0.0568. The fourth-order valence-corrected chi connectivity index (χ4v) is 4.80. The van der Waals surface area contributed by atoms with Gasteiger partial charge in [-0.1, -0.05) is 76.6 Å². The van der Waals surface area contributed by atoms with Crippen LogP contribution in [0.5, 0.6) is 0 Å². The van der Waals surface area contributed by atoms with E-state index in [1.807, 2.05) is 72.8 Å². The Labute approximate surface area is 216 Å². The summed E-state index contributed by atoms with van der Waals surface area (Å²) in [6.07, 6.45) is 1.27. The summed E-state index contributed by atoms with van der Waals surface area (Å²) in [4.78, 5) is 26.7. The highest BCUT2D eigenvalue weighted by Gasteiger charge is 2.30. The van der Waals surface area contributed by atoms with Gasteiger partial charge in [0.2, 0.25) is 6.79 Å². The number of nitrogens with one attached hydrogen (secondary N) is 1. The van der Waals surface area contributed by atoms with Gasteiger partial charge < -0.3 is 14.2 Å². The summed E-state index contributed by atoms with van der Waals surface area (Å²) >= 11 is 3.53. The first-order chi connectivity index (χ1) is 17.6. The number of benzene rings is 3. The van der Waals surface area contributed by atoms with Crippen LogP contribution in [0.15, 0.2) is 100 Å². The number of hydrogen-bond donors (Lipinski definition) is 1. The van der Waals surface area contributed by atoms with Gasteiger partial charge in [0.1, 0.15) is 18.1 Å². The molecule has 0 saturated heterocycles. The van der Waals surface area contributed by atoms with E-state index in [1.54, 1.807) is 10.6 Å². The fourth-order valence-electron chi connectivity index (χ4n) is 4.44. The van der Waals surface area contributed by atoms with Crippen molar-refractivity contribution in [3.8, 4) is 11.1 Å². The molecule has 0 bridgehead atoms. The molecule has 1 aromatic heterocycles. The van der Waals surface area contributed by atoms with Crippen molar-refractivity contribution < 1.29 is 19.0 Å². The molecule has 1 atom stereocenters. The van der Waals surface area contributed by atoms with Crippen LogP contribution >= 0.6 is 15.9 Å². The minimum Gasteiger partial charge on any atom is -0.462 e. The smallest absolute Gasteiger partial charge is 0.412 e. The fraction of sp³-hybridized carbons (Fsp3) is 0.143. The zero-order valence-corrected chi connectivity index (χ0v) is 21.0. The number of carbonyl (C=O) groups is 1. The maximum atomic E-state index is 14.1. The molecular formula is C28H23BrN2O5. The first-order valence-electron chi connectivity index (χ1n) is 11.3. The van der Waals surface area contributed by atoms with Crippen molar-refractivity contribution in [2.24, 2.45) is 0 Å². The second-order valence-corrected chi connectivity index (χ2v) is 9.14. The van der Waals surface area contributed by atoms with Crippen LogP contribution in [-0.4, -0.2) is 24.6 Å². The number of fused-ring (bicyclic) bond motifs is 1. The minimum atomic E-state index is -0.689. The van der Waals surface area contributed by atoms with Gasteiger partial charge in [0.25, 0.3) is 5.56 Å². The Morgan fingerprint density at radius 3 is 2.44 bits per heavy atom. The van der Waals surface area contributed by atoms with Crippen molar-refractivity contribution in [3.05, 3.63) is 111 Å². The zero-order chi connectivity index (χ0) is 25.1. The van der Waals surface area contributed by atoms with Gasteiger partial charge >= 0.3 is 6.09 Å². The van der Waals surface area contributed by atoms with E-state index in [-0.39, 0.29) is 12.4 Å². The Hall–Kier alpha value is -4.04. The third-order valence-corrected chi connectivity index (χ3v) is 6.54. The average Bonchev–Trinajstić information content (AvgIpc) is 3.44. The second-order valence-electron chi connectivity index (χ2n) is 8.23. The number of anilines is 1. The molecule has 4 aromatic rings. The van der Waals surface area contributed by atoms with Crippen molar-refractivity contribution in [2.45, 2.75) is 12.5 Å². The number of methoxy groups -OCH3 is 1.